The van der Waals surface area contributed by atoms with Crippen molar-refractivity contribution in [1.29, 1.82) is 0 Å². The minimum Gasteiger partial charge on any atom is -0.484 e. The van der Waals surface area contributed by atoms with Crippen LogP contribution in [0, 0.1) is 12.7 Å². The Labute approximate surface area is 124 Å². The molecule has 2 aromatic rings. The van der Waals surface area contributed by atoms with E-state index in [4.69, 9.17) is 4.74 Å². The zero-order chi connectivity index (χ0) is 14.5. The quantitative estimate of drug-likeness (QED) is 0.918. The van der Waals surface area contributed by atoms with E-state index in [1.807, 2.05) is 6.07 Å². The van der Waals surface area contributed by atoms with Gasteiger partial charge in [0.1, 0.15) is 11.6 Å². The van der Waals surface area contributed by atoms with Crippen molar-refractivity contribution in [3.8, 4) is 5.75 Å². The zero-order valence-electron chi connectivity index (χ0n) is 10.8. The molecule has 0 aliphatic carbocycles. The van der Waals surface area contributed by atoms with Crippen LogP contribution >= 0.6 is 15.9 Å². The summed E-state index contributed by atoms with van der Waals surface area (Å²) in [5, 5.41) is 2.47. The lowest BCUT2D eigenvalue weighted by molar-refractivity contribution is -0.118. The number of hydrogen-bond donors (Lipinski definition) is 1. The lowest BCUT2D eigenvalue weighted by Crippen LogP contribution is -2.20. The first-order chi connectivity index (χ1) is 9.54. The fraction of sp³-hybridized carbons (Fsp3) is 0.133. The number of halogens is 2. The molecule has 0 saturated heterocycles. The second kappa shape index (κ2) is 6.52. The van der Waals surface area contributed by atoms with Crippen LogP contribution < -0.4 is 10.1 Å². The first kappa shape index (κ1) is 14.5. The SMILES string of the molecule is Cc1ccc(NC(=O)COc2cccc(Br)c2)c(F)c1. The zero-order valence-corrected chi connectivity index (χ0v) is 12.4. The number of anilines is 1. The Morgan fingerprint density at radius 1 is 1.30 bits per heavy atom. The van der Waals surface area contributed by atoms with Gasteiger partial charge in [0.05, 0.1) is 5.69 Å². The molecular weight excluding hydrogens is 325 g/mol. The smallest absolute Gasteiger partial charge is 0.262 e. The molecule has 1 amide bonds. The molecule has 2 rings (SSSR count). The van der Waals surface area contributed by atoms with E-state index in [0.29, 0.717) is 5.75 Å². The van der Waals surface area contributed by atoms with Gasteiger partial charge >= 0.3 is 0 Å². The van der Waals surface area contributed by atoms with Crippen LogP contribution in [0.15, 0.2) is 46.9 Å². The maximum Gasteiger partial charge on any atom is 0.262 e. The van der Waals surface area contributed by atoms with Crippen molar-refractivity contribution in [1.82, 2.24) is 0 Å². The van der Waals surface area contributed by atoms with Gasteiger partial charge in [0.2, 0.25) is 0 Å². The van der Waals surface area contributed by atoms with Gasteiger partial charge < -0.3 is 10.1 Å². The Morgan fingerprint density at radius 2 is 2.10 bits per heavy atom. The highest BCUT2D eigenvalue weighted by molar-refractivity contribution is 9.10. The van der Waals surface area contributed by atoms with Crippen LogP contribution in [0.5, 0.6) is 5.75 Å². The van der Waals surface area contributed by atoms with Crippen molar-refractivity contribution in [2.45, 2.75) is 6.92 Å². The number of aryl methyl sites for hydroxylation is 1. The first-order valence-electron chi connectivity index (χ1n) is 5.99. The summed E-state index contributed by atoms with van der Waals surface area (Å²) in [5.41, 5.74) is 0.948. The van der Waals surface area contributed by atoms with E-state index in [-0.39, 0.29) is 12.3 Å². The van der Waals surface area contributed by atoms with Gasteiger partial charge in [-0.05, 0) is 42.8 Å². The largest absolute Gasteiger partial charge is 0.484 e. The van der Waals surface area contributed by atoms with E-state index in [1.165, 1.54) is 12.1 Å². The van der Waals surface area contributed by atoms with Gasteiger partial charge in [0.25, 0.3) is 5.91 Å². The fourth-order valence-electron chi connectivity index (χ4n) is 1.61. The number of nitrogens with one attached hydrogen (secondary N) is 1. The molecule has 0 bridgehead atoms. The maximum atomic E-state index is 13.6. The third-order valence-electron chi connectivity index (χ3n) is 2.56. The minimum absolute atomic E-state index is 0.151. The molecular formula is C15H13BrFNO2. The maximum absolute atomic E-state index is 13.6. The fourth-order valence-corrected chi connectivity index (χ4v) is 1.99. The molecule has 0 unspecified atom stereocenters. The van der Waals surface area contributed by atoms with Gasteiger partial charge in [-0.1, -0.05) is 28.1 Å². The van der Waals surface area contributed by atoms with Crippen LogP contribution in [-0.4, -0.2) is 12.5 Å². The van der Waals surface area contributed by atoms with Crippen LogP contribution in [0.3, 0.4) is 0 Å². The number of carbonyl (C=O) groups is 1. The molecule has 0 spiro atoms. The van der Waals surface area contributed by atoms with Gasteiger partial charge in [0.15, 0.2) is 6.61 Å². The summed E-state index contributed by atoms with van der Waals surface area (Å²) >= 11 is 3.31. The number of hydrogen-bond acceptors (Lipinski definition) is 2. The molecule has 0 atom stereocenters. The van der Waals surface area contributed by atoms with Gasteiger partial charge in [0, 0.05) is 4.47 Å². The summed E-state index contributed by atoms with van der Waals surface area (Å²) in [7, 11) is 0. The van der Waals surface area contributed by atoms with Crippen LogP contribution in [0.2, 0.25) is 0 Å². The van der Waals surface area contributed by atoms with Gasteiger partial charge in [-0.15, -0.1) is 0 Å². The number of rotatable bonds is 4. The third kappa shape index (κ3) is 4.06. The summed E-state index contributed by atoms with van der Waals surface area (Å²) in [6.45, 7) is 1.61. The summed E-state index contributed by atoms with van der Waals surface area (Å²) in [5.74, 6) is -0.299. The highest BCUT2D eigenvalue weighted by Crippen LogP contribution is 2.18. The Kier molecular flexibility index (Phi) is 4.74. The second-order valence-corrected chi connectivity index (χ2v) is 5.19. The Morgan fingerprint density at radius 3 is 2.80 bits per heavy atom. The van der Waals surface area contributed by atoms with E-state index in [0.717, 1.165) is 10.0 Å². The van der Waals surface area contributed by atoms with Crippen molar-refractivity contribution in [3.63, 3.8) is 0 Å². The number of carbonyl (C=O) groups excluding carboxylic acids is 1. The Balaban J connectivity index is 1.92. The highest BCUT2D eigenvalue weighted by Gasteiger charge is 2.08. The van der Waals surface area contributed by atoms with Crippen LogP contribution in [0.4, 0.5) is 10.1 Å². The van der Waals surface area contributed by atoms with Gasteiger partial charge in [-0.3, -0.25) is 4.79 Å². The average molecular weight is 338 g/mol. The van der Waals surface area contributed by atoms with Crippen molar-refractivity contribution < 1.29 is 13.9 Å². The van der Waals surface area contributed by atoms with Crippen molar-refractivity contribution >= 4 is 27.5 Å². The summed E-state index contributed by atoms with van der Waals surface area (Å²) in [6, 6.07) is 11.8. The molecule has 3 nitrogen and oxygen atoms in total. The predicted octanol–water partition coefficient (Wildman–Crippen LogP) is 3.91. The number of amides is 1. The Bertz CT molecular complexity index is 631. The highest BCUT2D eigenvalue weighted by atomic mass is 79.9. The van der Waals surface area contributed by atoms with E-state index in [1.54, 1.807) is 31.2 Å². The van der Waals surface area contributed by atoms with Crippen molar-refractivity contribution in [2.24, 2.45) is 0 Å². The van der Waals surface area contributed by atoms with Crippen LogP contribution in [0.1, 0.15) is 5.56 Å². The van der Waals surface area contributed by atoms with E-state index >= 15 is 0 Å². The molecule has 5 heteroatoms. The first-order valence-corrected chi connectivity index (χ1v) is 6.78. The lowest BCUT2D eigenvalue weighted by atomic mass is 10.2. The summed E-state index contributed by atoms with van der Waals surface area (Å²) in [6.07, 6.45) is 0. The van der Waals surface area contributed by atoms with Crippen molar-refractivity contribution in [2.75, 3.05) is 11.9 Å². The predicted molar refractivity (Wildman–Crippen MR) is 79.4 cm³/mol. The van der Waals surface area contributed by atoms with Gasteiger partial charge in [-0.2, -0.15) is 0 Å². The van der Waals surface area contributed by atoms with E-state index in [9.17, 15) is 9.18 Å². The van der Waals surface area contributed by atoms with Crippen LogP contribution in [0.25, 0.3) is 0 Å². The third-order valence-corrected chi connectivity index (χ3v) is 3.06. The second-order valence-electron chi connectivity index (χ2n) is 4.28. The Hall–Kier alpha value is -1.88. The molecule has 0 radical (unpaired) electrons. The molecule has 20 heavy (non-hydrogen) atoms. The lowest BCUT2D eigenvalue weighted by Gasteiger charge is -2.08. The molecule has 0 saturated carbocycles. The topological polar surface area (TPSA) is 38.3 Å². The summed E-state index contributed by atoms with van der Waals surface area (Å²) < 4.78 is 19.7. The molecule has 0 fully saturated rings. The number of ether oxygens (including phenoxy) is 1. The number of benzene rings is 2. The molecule has 0 aromatic heterocycles. The van der Waals surface area contributed by atoms with E-state index < -0.39 is 11.7 Å². The molecule has 2 aromatic carbocycles. The average Bonchev–Trinajstić information content (AvgIpc) is 2.40. The molecule has 104 valence electrons. The van der Waals surface area contributed by atoms with Crippen LogP contribution in [-0.2, 0) is 4.79 Å². The molecule has 0 aliphatic rings. The molecule has 0 heterocycles. The molecule has 0 aliphatic heterocycles. The van der Waals surface area contributed by atoms with Gasteiger partial charge in [-0.25, -0.2) is 4.39 Å². The molecule has 1 N–H and O–H groups in total. The standard InChI is InChI=1S/C15H13BrFNO2/c1-10-5-6-14(13(17)7-10)18-15(19)9-20-12-4-2-3-11(16)8-12/h2-8H,9H2,1H3,(H,18,19). The summed E-state index contributed by atoms with van der Waals surface area (Å²) in [4.78, 5) is 11.7. The minimum atomic E-state index is -0.458. The normalized spacial score (nSPS) is 10.2. The van der Waals surface area contributed by atoms with Crippen molar-refractivity contribution in [3.05, 3.63) is 58.3 Å². The monoisotopic (exact) mass is 337 g/mol. The van der Waals surface area contributed by atoms with E-state index in [2.05, 4.69) is 21.2 Å².